The van der Waals surface area contributed by atoms with Gasteiger partial charge in [0.1, 0.15) is 7.11 Å². The van der Waals surface area contributed by atoms with Crippen molar-refractivity contribution in [1.29, 1.82) is 0 Å². The van der Waals surface area contributed by atoms with E-state index in [2.05, 4.69) is 36.3 Å². The number of aryl methyl sites for hydroxylation is 1. The van der Waals surface area contributed by atoms with Crippen LogP contribution < -0.4 is 0 Å². The van der Waals surface area contributed by atoms with Crippen molar-refractivity contribution in [2.75, 3.05) is 7.11 Å². The summed E-state index contributed by atoms with van der Waals surface area (Å²) < 4.78 is 0. The van der Waals surface area contributed by atoms with Gasteiger partial charge in [-0.15, -0.1) is 0 Å². The Morgan fingerprint density at radius 1 is 1.19 bits per heavy atom. The molecular formula is C17H24N2O2. The number of amides is 1. The Morgan fingerprint density at radius 3 is 2.24 bits per heavy atom. The SMILES string of the molecule is CON=C1[C@H](c2ccc(C)cc2)[C@H](C)C(=O)N1C(C)(C)C. The van der Waals surface area contributed by atoms with Crippen molar-refractivity contribution in [3.05, 3.63) is 35.4 Å². The molecule has 1 aromatic rings. The molecule has 0 spiro atoms. The Bertz CT molecular complexity index is 555. The lowest BCUT2D eigenvalue weighted by molar-refractivity contribution is -0.132. The molecule has 1 saturated heterocycles. The standard InChI is InChI=1S/C17H24N2O2/c1-11-7-9-13(10-8-11)14-12(2)16(20)19(17(3,4)5)15(14)18-21-6/h7-10,12,14H,1-6H3/t12-,14-/m0/s1. The molecule has 0 bridgehead atoms. The van der Waals surface area contributed by atoms with Gasteiger partial charge in [-0.1, -0.05) is 41.9 Å². The van der Waals surface area contributed by atoms with Crippen molar-refractivity contribution in [3.8, 4) is 0 Å². The van der Waals surface area contributed by atoms with E-state index in [1.807, 2.05) is 27.7 Å². The zero-order valence-corrected chi connectivity index (χ0v) is 13.7. The molecule has 21 heavy (non-hydrogen) atoms. The average molecular weight is 288 g/mol. The maximum absolute atomic E-state index is 12.7. The second-order valence-corrected chi connectivity index (χ2v) is 6.65. The van der Waals surface area contributed by atoms with E-state index < -0.39 is 0 Å². The molecule has 2 rings (SSSR count). The summed E-state index contributed by atoms with van der Waals surface area (Å²) in [4.78, 5) is 19.5. The molecule has 1 amide bonds. The van der Waals surface area contributed by atoms with Gasteiger partial charge in [0, 0.05) is 11.5 Å². The minimum Gasteiger partial charge on any atom is -0.398 e. The molecule has 2 atom stereocenters. The predicted molar refractivity (Wildman–Crippen MR) is 84.1 cm³/mol. The smallest absolute Gasteiger partial charge is 0.232 e. The van der Waals surface area contributed by atoms with Gasteiger partial charge in [0.15, 0.2) is 5.84 Å². The van der Waals surface area contributed by atoms with Crippen LogP contribution in [0.5, 0.6) is 0 Å². The van der Waals surface area contributed by atoms with Gasteiger partial charge in [0.05, 0.1) is 5.92 Å². The number of amidine groups is 1. The summed E-state index contributed by atoms with van der Waals surface area (Å²) in [5.74, 6) is 0.605. The summed E-state index contributed by atoms with van der Waals surface area (Å²) in [5, 5.41) is 4.17. The first kappa shape index (κ1) is 15.5. The monoisotopic (exact) mass is 288 g/mol. The third-order valence-corrected chi connectivity index (χ3v) is 3.91. The van der Waals surface area contributed by atoms with Crippen molar-refractivity contribution in [1.82, 2.24) is 4.90 Å². The van der Waals surface area contributed by atoms with Gasteiger partial charge in [-0.05, 0) is 33.3 Å². The van der Waals surface area contributed by atoms with E-state index in [-0.39, 0.29) is 23.3 Å². The van der Waals surface area contributed by atoms with Crippen LogP contribution in [0, 0.1) is 12.8 Å². The van der Waals surface area contributed by atoms with Crippen molar-refractivity contribution in [3.63, 3.8) is 0 Å². The molecule has 0 N–H and O–H groups in total. The van der Waals surface area contributed by atoms with Gasteiger partial charge >= 0.3 is 0 Å². The Labute approximate surface area is 126 Å². The lowest BCUT2D eigenvalue weighted by Crippen LogP contribution is -2.46. The highest BCUT2D eigenvalue weighted by atomic mass is 16.6. The van der Waals surface area contributed by atoms with E-state index in [0.29, 0.717) is 5.84 Å². The molecular weight excluding hydrogens is 264 g/mol. The third kappa shape index (κ3) is 2.80. The van der Waals surface area contributed by atoms with E-state index in [9.17, 15) is 4.79 Å². The van der Waals surface area contributed by atoms with E-state index >= 15 is 0 Å². The number of carbonyl (C=O) groups is 1. The number of hydrogen-bond acceptors (Lipinski definition) is 3. The summed E-state index contributed by atoms with van der Waals surface area (Å²) in [5.41, 5.74) is 1.99. The molecule has 114 valence electrons. The fourth-order valence-corrected chi connectivity index (χ4v) is 2.90. The number of carbonyl (C=O) groups excluding carboxylic acids is 1. The topological polar surface area (TPSA) is 41.9 Å². The van der Waals surface area contributed by atoms with Crippen LogP contribution in [0.4, 0.5) is 0 Å². The average Bonchev–Trinajstić information content (AvgIpc) is 2.63. The number of oxime groups is 1. The third-order valence-electron chi connectivity index (χ3n) is 3.91. The number of hydrogen-bond donors (Lipinski definition) is 0. The molecule has 1 fully saturated rings. The van der Waals surface area contributed by atoms with Gasteiger partial charge in [-0.25, -0.2) is 0 Å². The summed E-state index contributed by atoms with van der Waals surface area (Å²) in [6.45, 7) is 10.1. The molecule has 0 aromatic heterocycles. The van der Waals surface area contributed by atoms with Crippen molar-refractivity contribution in [2.45, 2.75) is 46.1 Å². The zero-order valence-electron chi connectivity index (χ0n) is 13.7. The first-order chi connectivity index (χ1) is 9.77. The van der Waals surface area contributed by atoms with Gasteiger partial charge < -0.3 is 4.84 Å². The Hall–Kier alpha value is -1.84. The Kier molecular flexibility index (Phi) is 4.08. The van der Waals surface area contributed by atoms with Crippen LogP contribution in [0.3, 0.4) is 0 Å². The number of nitrogens with zero attached hydrogens (tertiary/aromatic N) is 2. The van der Waals surface area contributed by atoms with Crippen LogP contribution in [0.25, 0.3) is 0 Å². The summed E-state index contributed by atoms with van der Waals surface area (Å²) in [7, 11) is 1.52. The lowest BCUT2D eigenvalue weighted by atomic mass is 9.89. The van der Waals surface area contributed by atoms with Crippen LogP contribution in [-0.4, -0.2) is 29.3 Å². The van der Waals surface area contributed by atoms with E-state index in [1.54, 1.807) is 4.90 Å². The minimum atomic E-state index is -0.317. The maximum Gasteiger partial charge on any atom is 0.232 e. The molecule has 1 aliphatic heterocycles. The summed E-state index contributed by atoms with van der Waals surface area (Å²) in [6.07, 6.45) is 0. The Morgan fingerprint density at radius 2 is 1.76 bits per heavy atom. The largest absolute Gasteiger partial charge is 0.398 e. The van der Waals surface area contributed by atoms with E-state index in [1.165, 1.54) is 12.7 Å². The summed E-state index contributed by atoms with van der Waals surface area (Å²) in [6, 6.07) is 8.27. The van der Waals surface area contributed by atoms with Crippen LogP contribution in [0.1, 0.15) is 44.7 Å². The molecule has 1 aromatic carbocycles. The fraction of sp³-hybridized carbons (Fsp3) is 0.529. The van der Waals surface area contributed by atoms with Gasteiger partial charge in [-0.2, -0.15) is 0 Å². The van der Waals surface area contributed by atoms with Crippen LogP contribution in [0.15, 0.2) is 29.4 Å². The van der Waals surface area contributed by atoms with Gasteiger partial charge in [0.2, 0.25) is 5.91 Å². The fourth-order valence-electron chi connectivity index (χ4n) is 2.90. The minimum absolute atomic E-state index is 0.0581. The van der Waals surface area contributed by atoms with E-state index in [0.717, 1.165) is 5.56 Å². The van der Waals surface area contributed by atoms with Crippen LogP contribution >= 0.6 is 0 Å². The Balaban J connectivity index is 2.51. The highest BCUT2D eigenvalue weighted by Crippen LogP contribution is 2.39. The highest BCUT2D eigenvalue weighted by molar-refractivity contribution is 6.10. The quantitative estimate of drug-likeness (QED) is 0.783. The molecule has 4 nitrogen and oxygen atoms in total. The molecule has 0 saturated carbocycles. The van der Waals surface area contributed by atoms with Gasteiger partial charge in [0.25, 0.3) is 0 Å². The summed E-state index contributed by atoms with van der Waals surface area (Å²) >= 11 is 0. The normalized spacial score (nSPS) is 24.8. The number of rotatable bonds is 2. The number of benzene rings is 1. The molecule has 4 heteroatoms. The molecule has 0 radical (unpaired) electrons. The molecule has 0 aliphatic carbocycles. The first-order valence-corrected chi connectivity index (χ1v) is 7.29. The second-order valence-electron chi connectivity index (χ2n) is 6.65. The molecule has 1 aliphatic rings. The van der Waals surface area contributed by atoms with Crippen LogP contribution in [-0.2, 0) is 9.63 Å². The predicted octanol–water partition coefficient (Wildman–Crippen LogP) is 3.32. The maximum atomic E-state index is 12.7. The van der Waals surface area contributed by atoms with Crippen molar-refractivity contribution in [2.24, 2.45) is 11.1 Å². The highest BCUT2D eigenvalue weighted by Gasteiger charge is 2.48. The van der Waals surface area contributed by atoms with Crippen LogP contribution in [0.2, 0.25) is 0 Å². The van der Waals surface area contributed by atoms with E-state index in [4.69, 9.17) is 4.84 Å². The second kappa shape index (κ2) is 5.51. The lowest BCUT2D eigenvalue weighted by Gasteiger charge is -2.32. The molecule has 1 heterocycles. The van der Waals surface area contributed by atoms with Gasteiger partial charge in [-0.3, -0.25) is 9.69 Å². The first-order valence-electron chi connectivity index (χ1n) is 7.29. The zero-order chi connectivity index (χ0) is 15.8. The van der Waals surface area contributed by atoms with Crippen molar-refractivity contribution >= 4 is 11.7 Å². The van der Waals surface area contributed by atoms with Crippen molar-refractivity contribution < 1.29 is 9.63 Å². The molecule has 0 unspecified atom stereocenters. The number of likely N-dealkylation sites (tertiary alicyclic amines) is 1.